The van der Waals surface area contributed by atoms with E-state index in [1.807, 2.05) is 35.2 Å². The molecular weight excluding hydrogens is 384 g/mol. The van der Waals surface area contributed by atoms with E-state index >= 15 is 0 Å². The third-order valence-electron chi connectivity index (χ3n) is 6.33. The first-order valence-corrected chi connectivity index (χ1v) is 11.1. The van der Waals surface area contributed by atoms with Crippen molar-refractivity contribution >= 4 is 23.1 Å². The maximum Gasteiger partial charge on any atom is 0.259 e. The fourth-order valence-electron chi connectivity index (χ4n) is 4.63. The molecule has 1 saturated heterocycles. The second-order valence-corrected chi connectivity index (χ2v) is 8.52. The predicted octanol–water partition coefficient (Wildman–Crippen LogP) is 4.67. The molecule has 2 aromatic carbocycles. The Morgan fingerprint density at radius 3 is 2.61 bits per heavy atom. The van der Waals surface area contributed by atoms with Crippen LogP contribution in [0, 0.1) is 6.92 Å². The van der Waals surface area contributed by atoms with E-state index in [1.165, 1.54) is 16.8 Å². The molecule has 5 heteroatoms. The lowest BCUT2D eigenvalue weighted by molar-refractivity contribution is 0.0989. The fourth-order valence-corrected chi connectivity index (χ4v) is 4.63. The maximum atomic E-state index is 13.0. The van der Waals surface area contributed by atoms with Gasteiger partial charge in [0.05, 0.1) is 5.56 Å². The molecule has 1 amide bonds. The van der Waals surface area contributed by atoms with Gasteiger partial charge in [-0.15, -0.1) is 0 Å². The number of hydrogen-bond acceptors (Lipinski definition) is 4. The number of carbonyl (C=O) groups excluding carboxylic acids is 1. The number of pyridine rings is 1. The van der Waals surface area contributed by atoms with Crippen LogP contribution in [0.2, 0.25) is 0 Å². The van der Waals surface area contributed by atoms with Crippen molar-refractivity contribution in [2.75, 3.05) is 34.8 Å². The molecule has 5 rings (SSSR count). The zero-order valence-corrected chi connectivity index (χ0v) is 17.9. The molecule has 0 aliphatic carbocycles. The van der Waals surface area contributed by atoms with Gasteiger partial charge in [-0.25, -0.2) is 4.98 Å². The summed E-state index contributed by atoms with van der Waals surface area (Å²) >= 11 is 0. The van der Waals surface area contributed by atoms with Crippen molar-refractivity contribution in [2.24, 2.45) is 0 Å². The molecule has 0 spiro atoms. The molecule has 2 aliphatic heterocycles. The quantitative estimate of drug-likeness (QED) is 0.676. The minimum atomic E-state index is 0.0325. The van der Waals surface area contributed by atoms with E-state index in [0.717, 1.165) is 50.4 Å². The molecule has 0 bridgehead atoms. The summed E-state index contributed by atoms with van der Waals surface area (Å²) in [6, 6.07) is 21.1. The Morgan fingerprint density at radius 2 is 1.84 bits per heavy atom. The SMILES string of the molecule is Cc1cccc(NC2CCN(c3ccc(C(=O)N4CCc5ccccc54)cn3)CC2)c1. The number of carbonyl (C=O) groups is 1. The zero-order chi connectivity index (χ0) is 21.2. The number of benzene rings is 2. The van der Waals surface area contributed by atoms with Gasteiger partial charge in [0.2, 0.25) is 0 Å². The molecule has 0 atom stereocenters. The first-order valence-electron chi connectivity index (χ1n) is 11.1. The molecule has 5 nitrogen and oxygen atoms in total. The van der Waals surface area contributed by atoms with Crippen LogP contribution in [0.1, 0.15) is 34.3 Å². The second kappa shape index (κ2) is 8.42. The van der Waals surface area contributed by atoms with Gasteiger partial charge in [-0.3, -0.25) is 4.79 Å². The summed E-state index contributed by atoms with van der Waals surface area (Å²) in [5, 5.41) is 3.66. The molecule has 3 aromatic rings. The van der Waals surface area contributed by atoms with Gasteiger partial charge in [-0.05, 0) is 67.6 Å². The Morgan fingerprint density at radius 1 is 1.00 bits per heavy atom. The fraction of sp³-hybridized carbons (Fsp3) is 0.308. The van der Waals surface area contributed by atoms with Crippen LogP contribution in [0.3, 0.4) is 0 Å². The topological polar surface area (TPSA) is 48.5 Å². The average molecular weight is 413 g/mol. The highest BCUT2D eigenvalue weighted by molar-refractivity contribution is 6.07. The number of aromatic nitrogens is 1. The zero-order valence-electron chi connectivity index (χ0n) is 17.9. The van der Waals surface area contributed by atoms with E-state index in [1.54, 1.807) is 6.20 Å². The van der Waals surface area contributed by atoms with Crippen LogP contribution < -0.4 is 15.1 Å². The summed E-state index contributed by atoms with van der Waals surface area (Å²) < 4.78 is 0. The molecule has 0 saturated carbocycles. The number of anilines is 3. The van der Waals surface area contributed by atoms with Gasteiger partial charge in [0.15, 0.2) is 0 Å². The van der Waals surface area contributed by atoms with Crippen LogP contribution in [-0.2, 0) is 6.42 Å². The molecule has 1 fully saturated rings. The third-order valence-corrected chi connectivity index (χ3v) is 6.33. The lowest BCUT2D eigenvalue weighted by atomic mass is 10.0. The third kappa shape index (κ3) is 4.13. The van der Waals surface area contributed by atoms with Crippen LogP contribution in [0.15, 0.2) is 66.9 Å². The Labute approximate surface area is 183 Å². The summed E-state index contributed by atoms with van der Waals surface area (Å²) in [5.74, 6) is 0.984. The van der Waals surface area contributed by atoms with Crippen molar-refractivity contribution < 1.29 is 4.79 Å². The number of para-hydroxylation sites is 1. The number of nitrogens with one attached hydrogen (secondary N) is 1. The van der Waals surface area contributed by atoms with Crippen molar-refractivity contribution in [3.8, 4) is 0 Å². The number of rotatable bonds is 4. The predicted molar refractivity (Wildman–Crippen MR) is 126 cm³/mol. The van der Waals surface area contributed by atoms with Crippen molar-refractivity contribution in [2.45, 2.75) is 32.2 Å². The van der Waals surface area contributed by atoms with Gasteiger partial charge < -0.3 is 15.1 Å². The summed E-state index contributed by atoms with van der Waals surface area (Å²) in [6.07, 6.45) is 4.79. The van der Waals surface area contributed by atoms with Gasteiger partial charge in [0, 0.05) is 43.2 Å². The first kappa shape index (κ1) is 19.6. The lowest BCUT2D eigenvalue weighted by Gasteiger charge is -2.33. The Balaban J connectivity index is 1.20. The molecule has 0 radical (unpaired) electrons. The van der Waals surface area contributed by atoms with Gasteiger partial charge >= 0.3 is 0 Å². The standard InChI is InChI=1S/C26H28N4O/c1-19-5-4-7-23(17-19)28-22-12-14-29(15-13-22)25-10-9-21(18-27-25)26(31)30-16-11-20-6-2-3-8-24(20)30/h2-10,17-18,22,28H,11-16H2,1H3. The van der Waals surface area contributed by atoms with Crippen LogP contribution in [0.5, 0.6) is 0 Å². The normalized spacial score (nSPS) is 16.3. The van der Waals surface area contributed by atoms with Crippen molar-refractivity contribution in [1.29, 1.82) is 0 Å². The molecule has 158 valence electrons. The molecule has 0 unspecified atom stereocenters. The highest BCUT2D eigenvalue weighted by Gasteiger charge is 2.26. The van der Waals surface area contributed by atoms with Crippen LogP contribution in [-0.4, -0.2) is 36.6 Å². The lowest BCUT2D eigenvalue weighted by Crippen LogP contribution is -2.39. The number of nitrogens with zero attached hydrogens (tertiary/aromatic N) is 3. The molecule has 31 heavy (non-hydrogen) atoms. The average Bonchev–Trinajstić information content (AvgIpc) is 3.24. The van der Waals surface area contributed by atoms with Crippen LogP contribution >= 0.6 is 0 Å². The van der Waals surface area contributed by atoms with Crippen LogP contribution in [0.25, 0.3) is 0 Å². The van der Waals surface area contributed by atoms with Gasteiger partial charge in [-0.1, -0.05) is 30.3 Å². The monoisotopic (exact) mass is 412 g/mol. The molecule has 1 aromatic heterocycles. The summed E-state index contributed by atoms with van der Waals surface area (Å²) in [7, 11) is 0. The summed E-state index contributed by atoms with van der Waals surface area (Å²) in [6.45, 7) is 4.78. The number of piperidine rings is 1. The number of aryl methyl sites for hydroxylation is 1. The molecular formula is C26H28N4O. The molecule has 1 N–H and O–H groups in total. The van der Waals surface area contributed by atoms with Crippen LogP contribution in [0.4, 0.5) is 17.2 Å². The van der Waals surface area contributed by atoms with E-state index < -0.39 is 0 Å². The maximum absolute atomic E-state index is 13.0. The second-order valence-electron chi connectivity index (χ2n) is 8.52. The van der Waals surface area contributed by atoms with Gasteiger partial charge in [0.1, 0.15) is 5.82 Å². The van der Waals surface area contributed by atoms with E-state index in [9.17, 15) is 4.79 Å². The van der Waals surface area contributed by atoms with E-state index in [0.29, 0.717) is 11.6 Å². The van der Waals surface area contributed by atoms with Crippen molar-refractivity contribution in [3.63, 3.8) is 0 Å². The number of hydrogen-bond donors (Lipinski definition) is 1. The highest BCUT2D eigenvalue weighted by Crippen LogP contribution is 2.29. The minimum absolute atomic E-state index is 0.0325. The number of amides is 1. The first-order chi connectivity index (χ1) is 15.2. The summed E-state index contributed by atoms with van der Waals surface area (Å²) in [5.41, 5.74) is 5.39. The van der Waals surface area contributed by atoms with Crippen molar-refractivity contribution in [1.82, 2.24) is 4.98 Å². The van der Waals surface area contributed by atoms with Crippen molar-refractivity contribution in [3.05, 3.63) is 83.6 Å². The smallest absolute Gasteiger partial charge is 0.259 e. The van der Waals surface area contributed by atoms with E-state index in [2.05, 4.69) is 52.5 Å². The van der Waals surface area contributed by atoms with E-state index in [-0.39, 0.29) is 5.91 Å². The highest BCUT2D eigenvalue weighted by atomic mass is 16.2. The Kier molecular flexibility index (Phi) is 5.33. The number of fused-ring (bicyclic) bond motifs is 1. The molecule has 3 heterocycles. The van der Waals surface area contributed by atoms with Gasteiger partial charge in [-0.2, -0.15) is 0 Å². The summed E-state index contributed by atoms with van der Waals surface area (Å²) in [4.78, 5) is 21.8. The minimum Gasteiger partial charge on any atom is -0.382 e. The Bertz CT molecular complexity index is 1070. The Hall–Kier alpha value is -3.34. The van der Waals surface area contributed by atoms with E-state index in [4.69, 9.17) is 0 Å². The van der Waals surface area contributed by atoms with Gasteiger partial charge in [0.25, 0.3) is 5.91 Å². The largest absolute Gasteiger partial charge is 0.382 e. The molecule has 2 aliphatic rings.